The molecule has 0 bridgehead atoms. The van der Waals surface area contributed by atoms with Crippen LogP contribution in [-0.2, 0) is 0 Å². The molecule has 1 aromatic carbocycles. The summed E-state index contributed by atoms with van der Waals surface area (Å²) in [5.41, 5.74) is 0.707. The zero-order chi connectivity index (χ0) is 9.68. The number of alkyl halides is 1. The Hall–Kier alpha value is -0.170. The Morgan fingerprint density at radius 3 is 2.92 bits per heavy atom. The molecule has 0 aliphatic carbocycles. The van der Waals surface area contributed by atoms with Gasteiger partial charge in [-0.15, -0.1) is 23.4 Å². The molecule has 1 aromatic rings. The molecule has 0 atom stereocenters. The summed E-state index contributed by atoms with van der Waals surface area (Å²) in [5.74, 6) is 1.43. The number of thioether (sulfide) groups is 1. The minimum atomic E-state index is 0.599. The van der Waals surface area contributed by atoms with E-state index >= 15 is 0 Å². The number of nitrogens with zero attached hydrogens (tertiary/aromatic N) is 1. The van der Waals surface area contributed by atoms with Crippen molar-refractivity contribution >= 4 is 39.3 Å². The highest BCUT2D eigenvalue weighted by Gasteiger charge is 2.02. The molecular weight excluding hydrogens is 270 g/mol. The van der Waals surface area contributed by atoms with Crippen LogP contribution in [-0.4, -0.2) is 11.6 Å². The fraction of sp³-hybridized carbons (Fsp3) is 0.222. The first-order valence-electron chi connectivity index (χ1n) is 3.66. The third kappa shape index (κ3) is 3.22. The molecule has 0 aliphatic heterocycles. The first-order valence-corrected chi connectivity index (χ1v) is 5.97. The molecule has 0 spiro atoms. The van der Waals surface area contributed by atoms with Crippen LogP contribution >= 0.6 is 39.3 Å². The second kappa shape index (κ2) is 5.54. The summed E-state index contributed by atoms with van der Waals surface area (Å²) in [5, 5.41) is 8.80. The minimum absolute atomic E-state index is 0.599. The zero-order valence-electron chi connectivity index (χ0n) is 6.76. The van der Waals surface area contributed by atoms with E-state index in [0.717, 1.165) is 15.1 Å². The Bertz CT molecular complexity index is 335. The van der Waals surface area contributed by atoms with Crippen molar-refractivity contribution in [3.8, 4) is 6.07 Å². The number of benzene rings is 1. The lowest BCUT2D eigenvalue weighted by Gasteiger charge is -2.02. The zero-order valence-corrected chi connectivity index (χ0v) is 9.92. The lowest BCUT2D eigenvalue weighted by molar-refractivity contribution is 1.34. The van der Waals surface area contributed by atoms with Crippen molar-refractivity contribution in [1.29, 1.82) is 5.26 Å². The van der Waals surface area contributed by atoms with Crippen LogP contribution in [0.15, 0.2) is 27.6 Å². The average molecular weight is 277 g/mol. The molecular formula is C9H7BrClNS. The van der Waals surface area contributed by atoms with Crippen LogP contribution in [0, 0.1) is 11.3 Å². The fourth-order valence-electron chi connectivity index (χ4n) is 0.856. The highest BCUT2D eigenvalue weighted by molar-refractivity contribution is 9.10. The second-order valence-corrected chi connectivity index (χ2v) is 4.72. The largest absolute Gasteiger partial charge is 0.192 e. The Morgan fingerprint density at radius 2 is 2.31 bits per heavy atom. The summed E-state index contributed by atoms with van der Waals surface area (Å²) in [7, 11) is 0. The summed E-state index contributed by atoms with van der Waals surface area (Å²) in [6.07, 6.45) is 0. The van der Waals surface area contributed by atoms with Crippen LogP contribution in [0.25, 0.3) is 0 Å². The van der Waals surface area contributed by atoms with Gasteiger partial charge in [-0.2, -0.15) is 5.26 Å². The molecule has 0 radical (unpaired) electrons. The van der Waals surface area contributed by atoms with Gasteiger partial charge in [-0.3, -0.25) is 0 Å². The molecule has 13 heavy (non-hydrogen) atoms. The van der Waals surface area contributed by atoms with E-state index in [9.17, 15) is 0 Å². The summed E-state index contributed by atoms with van der Waals surface area (Å²) in [6.45, 7) is 0. The summed E-state index contributed by atoms with van der Waals surface area (Å²) in [6, 6.07) is 7.76. The van der Waals surface area contributed by atoms with Crippen LogP contribution in [0.5, 0.6) is 0 Å². The number of halogens is 2. The Labute approximate surface area is 95.2 Å². The maximum atomic E-state index is 8.80. The third-order valence-corrected chi connectivity index (χ3v) is 3.36. The van der Waals surface area contributed by atoms with Gasteiger partial charge in [-0.1, -0.05) is 15.9 Å². The normalized spacial score (nSPS) is 9.62. The highest BCUT2D eigenvalue weighted by Crippen LogP contribution is 2.25. The third-order valence-electron chi connectivity index (χ3n) is 1.40. The molecule has 0 unspecified atom stereocenters. The molecule has 0 saturated carbocycles. The maximum absolute atomic E-state index is 8.80. The highest BCUT2D eigenvalue weighted by atomic mass is 79.9. The Kier molecular flexibility index (Phi) is 4.65. The average Bonchev–Trinajstić information content (AvgIpc) is 2.15. The van der Waals surface area contributed by atoms with Crippen molar-refractivity contribution < 1.29 is 0 Å². The van der Waals surface area contributed by atoms with Gasteiger partial charge >= 0.3 is 0 Å². The molecule has 1 nitrogen and oxygen atoms in total. The topological polar surface area (TPSA) is 23.8 Å². The Balaban J connectivity index is 2.89. The maximum Gasteiger partial charge on any atom is 0.100 e. The first-order chi connectivity index (χ1) is 6.27. The van der Waals surface area contributed by atoms with Crippen LogP contribution in [0.4, 0.5) is 0 Å². The quantitative estimate of drug-likeness (QED) is 0.621. The molecule has 0 saturated heterocycles. The lowest BCUT2D eigenvalue weighted by atomic mass is 10.2. The summed E-state index contributed by atoms with van der Waals surface area (Å²) >= 11 is 10.5. The van der Waals surface area contributed by atoms with Crippen LogP contribution < -0.4 is 0 Å². The molecule has 1 rings (SSSR count). The monoisotopic (exact) mass is 275 g/mol. The lowest BCUT2D eigenvalue weighted by Crippen LogP contribution is -1.84. The van der Waals surface area contributed by atoms with Crippen molar-refractivity contribution in [2.24, 2.45) is 0 Å². The van der Waals surface area contributed by atoms with Gasteiger partial charge in [0, 0.05) is 21.0 Å². The van der Waals surface area contributed by atoms with Gasteiger partial charge in [-0.05, 0) is 18.2 Å². The molecule has 0 amide bonds. The van der Waals surface area contributed by atoms with Crippen LogP contribution in [0.1, 0.15) is 5.56 Å². The molecule has 4 heteroatoms. The molecule has 68 valence electrons. The van der Waals surface area contributed by atoms with Crippen LogP contribution in [0.3, 0.4) is 0 Å². The van der Waals surface area contributed by atoms with E-state index in [-0.39, 0.29) is 0 Å². The van der Waals surface area contributed by atoms with E-state index < -0.39 is 0 Å². The number of hydrogen-bond donors (Lipinski definition) is 0. The summed E-state index contributed by atoms with van der Waals surface area (Å²) < 4.78 is 0.989. The first kappa shape index (κ1) is 10.9. The van der Waals surface area contributed by atoms with E-state index in [1.165, 1.54) is 0 Å². The number of hydrogen-bond acceptors (Lipinski definition) is 2. The van der Waals surface area contributed by atoms with Gasteiger partial charge in [0.15, 0.2) is 0 Å². The van der Waals surface area contributed by atoms with Crippen LogP contribution in [0.2, 0.25) is 0 Å². The van der Waals surface area contributed by atoms with E-state index in [2.05, 4.69) is 22.0 Å². The second-order valence-electron chi connectivity index (χ2n) is 2.29. The van der Waals surface area contributed by atoms with Crippen molar-refractivity contribution in [2.45, 2.75) is 4.90 Å². The predicted molar refractivity (Wildman–Crippen MR) is 60.3 cm³/mol. The molecule has 0 aliphatic rings. The van der Waals surface area contributed by atoms with Gasteiger partial charge in [0.1, 0.15) is 6.07 Å². The predicted octanol–water partition coefficient (Wildman–Crippen LogP) is 3.65. The van der Waals surface area contributed by atoms with Gasteiger partial charge in [0.2, 0.25) is 0 Å². The number of rotatable bonds is 3. The van der Waals surface area contributed by atoms with Gasteiger partial charge < -0.3 is 0 Å². The van der Waals surface area contributed by atoms with Gasteiger partial charge in [-0.25, -0.2) is 0 Å². The molecule has 0 heterocycles. The fourth-order valence-corrected chi connectivity index (χ4v) is 2.38. The van der Waals surface area contributed by atoms with E-state index in [1.54, 1.807) is 17.8 Å². The van der Waals surface area contributed by atoms with Crippen molar-refractivity contribution in [1.82, 2.24) is 0 Å². The van der Waals surface area contributed by atoms with E-state index in [4.69, 9.17) is 16.9 Å². The molecule has 0 aromatic heterocycles. The molecule has 0 fully saturated rings. The number of nitriles is 1. The van der Waals surface area contributed by atoms with E-state index in [0.29, 0.717) is 11.4 Å². The van der Waals surface area contributed by atoms with Gasteiger partial charge in [0.05, 0.1) is 5.56 Å². The van der Waals surface area contributed by atoms with E-state index in [1.807, 2.05) is 12.1 Å². The smallest absolute Gasteiger partial charge is 0.100 e. The molecule has 0 N–H and O–H groups in total. The van der Waals surface area contributed by atoms with Crippen molar-refractivity contribution in [2.75, 3.05) is 11.6 Å². The summed E-state index contributed by atoms with van der Waals surface area (Å²) in [4.78, 5) is 0.984. The Morgan fingerprint density at radius 1 is 1.54 bits per heavy atom. The van der Waals surface area contributed by atoms with Crippen molar-refractivity contribution in [3.63, 3.8) is 0 Å². The van der Waals surface area contributed by atoms with Gasteiger partial charge in [0.25, 0.3) is 0 Å². The van der Waals surface area contributed by atoms with Crippen molar-refractivity contribution in [3.05, 3.63) is 28.2 Å². The minimum Gasteiger partial charge on any atom is -0.192 e. The SMILES string of the molecule is N#Cc1ccc(Br)cc1SCCCl. The standard InChI is InChI=1S/C9H7BrClNS/c10-8-2-1-7(6-12)9(5-8)13-4-3-11/h1-2,5H,3-4H2.